The lowest BCUT2D eigenvalue weighted by atomic mass is 10.1. The summed E-state index contributed by atoms with van der Waals surface area (Å²) in [6.45, 7) is 0. The molecule has 2 aromatic carbocycles. The number of benzene rings is 2. The Balaban J connectivity index is 1.55. The molecule has 0 radical (unpaired) electrons. The minimum atomic E-state index is -0.564. The maximum atomic E-state index is 12.3. The summed E-state index contributed by atoms with van der Waals surface area (Å²) in [6, 6.07) is 12.1. The van der Waals surface area contributed by atoms with Gasteiger partial charge < -0.3 is 24.1 Å². The predicted octanol–water partition coefficient (Wildman–Crippen LogP) is 3.50. The lowest BCUT2D eigenvalue weighted by Gasteiger charge is -2.11. The molecule has 1 N–H and O–H groups in total. The van der Waals surface area contributed by atoms with Crippen LogP contribution in [-0.4, -0.2) is 43.3 Å². The van der Waals surface area contributed by atoms with Gasteiger partial charge in [-0.2, -0.15) is 4.98 Å². The fourth-order valence-electron chi connectivity index (χ4n) is 2.86. The molecule has 1 amide bonds. The molecule has 0 unspecified atom stereocenters. The van der Waals surface area contributed by atoms with Gasteiger partial charge in [0.1, 0.15) is 11.5 Å². The number of anilines is 1. The van der Waals surface area contributed by atoms with Crippen molar-refractivity contribution in [3.63, 3.8) is 0 Å². The highest BCUT2D eigenvalue weighted by Crippen LogP contribution is 2.23. The fourth-order valence-corrected chi connectivity index (χ4v) is 2.86. The summed E-state index contributed by atoms with van der Waals surface area (Å²) in [4.78, 5) is 28.7. The van der Waals surface area contributed by atoms with Crippen LogP contribution in [0.3, 0.4) is 0 Å². The SMILES string of the molecule is COC(=O)c1cc(OC)ccc1NC(=O)CCCc1nc(-c2ccc(OC)cc2)no1. The second-order valence-electron chi connectivity index (χ2n) is 6.55. The van der Waals surface area contributed by atoms with Gasteiger partial charge in [0.15, 0.2) is 0 Å². The van der Waals surface area contributed by atoms with Crippen LogP contribution in [0, 0.1) is 0 Å². The standard InChI is InChI=1S/C22H23N3O6/c1-28-15-9-7-14(8-10-15)21-24-20(31-25-21)6-4-5-19(26)23-18-12-11-16(29-2)13-17(18)22(27)30-3/h7-13H,4-6H2,1-3H3,(H,23,26). The zero-order valence-electron chi connectivity index (χ0n) is 17.5. The number of carbonyl (C=O) groups excluding carboxylic acids is 2. The number of hydrogen-bond donors (Lipinski definition) is 1. The van der Waals surface area contributed by atoms with Crippen molar-refractivity contribution in [1.82, 2.24) is 10.1 Å². The Hall–Kier alpha value is -3.88. The van der Waals surface area contributed by atoms with Gasteiger partial charge in [0.05, 0.1) is 32.6 Å². The number of hydrogen-bond acceptors (Lipinski definition) is 8. The predicted molar refractivity (Wildman–Crippen MR) is 112 cm³/mol. The molecule has 9 nitrogen and oxygen atoms in total. The van der Waals surface area contributed by atoms with E-state index in [1.54, 1.807) is 19.2 Å². The Labute approximate surface area is 179 Å². The Kier molecular flexibility index (Phi) is 7.21. The van der Waals surface area contributed by atoms with E-state index in [0.29, 0.717) is 36.0 Å². The molecule has 0 saturated heterocycles. The zero-order chi connectivity index (χ0) is 22.2. The topological polar surface area (TPSA) is 113 Å². The van der Waals surface area contributed by atoms with Crippen molar-refractivity contribution < 1.29 is 28.3 Å². The summed E-state index contributed by atoms with van der Waals surface area (Å²) in [5.74, 6) is 1.34. The summed E-state index contributed by atoms with van der Waals surface area (Å²) in [5, 5.41) is 6.70. The molecule has 0 aliphatic rings. The summed E-state index contributed by atoms with van der Waals surface area (Å²) >= 11 is 0. The minimum absolute atomic E-state index is 0.215. The van der Waals surface area contributed by atoms with Gasteiger partial charge in [0.25, 0.3) is 0 Å². The monoisotopic (exact) mass is 425 g/mol. The fraction of sp³-hybridized carbons (Fsp3) is 0.273. The van der Waals surface area contributed by atoms with Crippen LogP contribution in [0.5, 0.6) is 11.5 Å². The molecule has 0 aliphatic heterocycles. The number of carbonyl (C=O) groups is 2. The third-order valence-electron chi connectivity index (χ3n) is 4.52. The molecule has 1 heterocycles. The van der Waals surface area contributed by atoms with E-state index >= 15 is 0 Å². The molecule has 9 heteroatoms. The van der Waals surface area contributed by atoms with Crippen LogP contribution in [0.2, 0.25) is 0 Å². The van der Waals surface area contributed by atoms with Crippen LogP contribution in [0.4, 0.5) is 5.69 Å². The molecule has 0 atom stereocenters. The third-order valence-corrected chi connectivity index (χ3v) is 4.52. The summed E-state index contributed by atoms with van der Waals surface area (Å²) in [7, 11) is 4.37. The van der Waals surface area contributed by atoms with E-state index in [0.717, 1.165) is 11.3 Å². The van der Waals surface area contributed by atoms with E-state index in [1.165, 1.54) is 20.3 Å². The number of aromatic nitrogens is 2. The van der Waals surface area contributed by atoms with Crippen molar-refractivity contribution >= 4 is 17.6 Å². The van der Waals surface area contributed by atoms with E-state index < -0.39 is 5.97 Å². The number of aryl methyl sites for hydroxylation is 1. The first-order chi connectivity index (χ1) is 15.0. The van der Waals surface area contributed by atoms with Gasteiger partial charge in [-0.1, -0.05) is 5.16 Å². The Morgan fingerprint density at radius 1 is 1.00 bits per heavy atom. The highest BCUT2D eigenvalue weighted by Gasteiger charge is 2.16. The molecular weight excluding hydrogens is 402 g/mol. The second-order valence-corrected chi connectivity index (χ2v) is 6.55. The molecule has 31 heavy (non-hydrogen) atoms. The van der Waals surface area contributed by atoms with Crippen molar-refractivity contribution in [1.29, 1.82) is 0 Å². The number of nitrogens with one attached hydrogen (secondary N) is 1. The van der Waals surface area contributed by atoms with Gasteiger partial charge in [-0.15, -0.1) is 0 Å². The second kappa shape index (κ2) is 10.2. The van der Waals surface area contributed by atoms with E-state index in [4.69, 9.17) is 18.7 Å². The first-order valence-electron chi connectivity index (χ1n) is 9.57. The molecular formula is C22H23N3O6. The van der Waals surface area contributed by atoms with Crippen LogP contribution in [0.15, 0.2) is 47.0 Å². The zero-order valence-corrected chi connectivity index (χ0v) is 17.5. The van der Waals surface area contributed by atoms with Gasteiger partial charge >= 0.3 is 5.97 Å². The van der Waals surface area contributed by atoms with Crippen molar-refractivity contribution in [2.75, 3.05) is 26.6 Å². The normalized spacial score (nSPS) is 10.4. The van der Waals surface area contributed by atoms with Gasteiger partial charge in [-0.25, -0.2) is 4.79 Å². The van der Waals surface area contributed by atoms with Gasteiger partial charge in [0.2, 0.25) is 17.6 Å². The van der Waals surface area contributed by atoms with E-state index in [-0.39, 0.29) is 17.9 Å². The molecule has 0 aliphatic carbocycles. The Morgan fingerprint density at radius 3 is 2.39 bits per heavy atom. The van der Waals surface area contributed by atoms with E-state index in [9.17, 15) is 9.59 Å². The summed E-state index contributed by atoms with van der Waals surface area (Å²) < 4.78 is 20.3. The maximum Gasteiger partial charge on any atom is 0.340 e. The lowest BCUT2D eigenvalue weighted by Crippen LogP contribution is -2.15. The number of esters is 1. The maximum absolute atomic E-state index is 12.3. The van der Waals surface area contributed by atoms with E-state index in [2.05, 4.69) is 15.5 Å². The largest absolute Gasteiger partial charge is 0.497 e. The molecule has 3 aromatic rings. The van der Waals surface area contributed by atoms with Crippen LogP contribution < -0.4 is 14.8 Å². The van der Waals surface area contributed by atoms with Crippen molar-refractivity contribution in [3.8, 4) is 22.9 Å². The average molecular weight is 425 g/mol. The summed E-state index contributed by atoms with van der Waals surface area (Å²) in [5.41, 5.74) is 1.39. The number of rotatable bonds is 9. The number of ether oxygens (including phenoxy) is 3. The van der Waals surface area contributed by atoms with Crippen molar-refractivity contribution in [2.24, 2.45) is 0 Å². The van der Waals surface area contributed by atoms with Crippen LogP contribution in [0.1, 0.15) is 29.1 Å². The number of nitrogens with zero attached hydrogens (tertiary/aromatic N) is 2. The molecule has 0 fully saturated rings. The smallest absolute Gasteiger partial charge is 0.340 e. The molecule has 0 saturated carbocycles. The highest BCUT2D eigenvalue weighted by molar-refractivity contribution is 6.01. The third kappa shape index (κ3) is 5.59. The Bertz CT molecular complexity index is 1050. The molecule has 0 bridgehead atoms. The number of amides is 1. The van der Waals surface area contributed by atoms with Gasteiger partial charge in [0, 0.05) is 18.4 Å². The van der Waals surface area contributed by atoms with Crippen molar-refractivity contribution in [2.45, 2.75) is 19.3 Å². The molecule has 162 valence electrons. The summed E-state index contributed by atoms with van der Waals surface area (Å²) in [6.07, 6.45) is 1.16. The quantitative estimate of drug-likeness (QED) is 0.518. The first-order valence-corrected chi connectivity index (χ1v) is 9.57. The molecule has 1 aromatic heterocycles. The highest BCUT2D eigenvalue weighted by atomic mass is 16.5. The minimum Gasteiger partial charge on any atom is -0.497 e. The molecule has 0 spiro atoms. The lowest BCUT2D eigenvalue weighted by molar-refractivity contribution is -0.116. The van der Waals surface area contributed by atoms with Crippen molar-refractivity contribution in [3.05, 3.63) is 53.9 Å². The van der Waals surface area contributed by atoms with Gasteiger partial charge in [-0.3, -0.25) is 4.79 Å². The average Bonchev–Trinajstić information content (AvgIpc) is 3.27. The first kappa shape index (κ1) is 21.8. The van der Waals surface area contributed by atoms with Crippen LogP contribution in [-0.2, 0) is 16.0 Å². The Morgan fingerprint density at radius 2 is 1.71 bits per heavy atom. The number of methoxy groups -OCH3 is 3. The van der Waals surface area contributed by atoms with Crippen LogP contribution in [0.25, 0.3) is 11.4 Å². The van der Waals surface area contributed by atoms with E-state index in [1.807, 2.05) is 24.3 Å². The van der Waals surface area contributed by atoms with Gasteiger partial charge in [-0.05, 0) is 48.9 Å². The molecule has 3 rings (SSSR count). The van der Waals surface area contributed by atoms with Crippen LogP contribution >= 0.6 is 0 Å².